The van der Waals surface area contributed by atoms with Crippen LogP contribution in [0.4, 0.5) is 0 Å². The highest BCUT2D eigenvalue weighted by Gasteiger charge is 2.28. The molecule has 0 spiro atoms. The molecular formula is C42H26O6. The number of benzene rings is 8. The molecule has 0 aliphatic heterocycles. The van der Waals surface area contributed by atoms with Gasteiger partial charge in [0.1, 0.15) is 11.2 Å². The van der Waals surface area contributed by atoms with E-state index in [1.807, 2.05) is 78.9 Å². The average Bonchev–Trinajstić information content (AvgIpc) is 3.52. The second-order valence-corrected chi connectivity index (χ2v) is 12.0. The number of phenols is 5. The van der Waals surface area contributed by atoms with Crippen LogP contribution >= 0.6 is 0 Å². The van der Waals surface area contributed by atoms with Crippen molar-refractivity contribution in [2.24, 2.45) is 0 Å². The van der Waals surface area contributed by atoms with Crippen molar-refractivity contribution in [2.75, 3.05) is 0 Å². The summed E-state index contributed by atoms with van der Waals surface area (Å²) in [7, 11) is 0. The van der Waals surface area contributed by atoms with Gasteiger partial charge in [0, 0.05) is 21.9 Å². The number of phenolic OH excluding ortho intramolecular Hbond substituents is 5. The third-order valence-electron chi connectivity index (χ3n) is 9.40. The maximum absolute atomic E-state index is 11.1. The third-order valence-corrected chi connectivity index (χ3v) is 9.40. The smallest absolute Gasteiger partial charge is 0.208 e. The van der Waals surface area contributed by atoms with E-state index in [0.29, 0.717) is 16.3 Å². The van der Waals surface area contributed by atoms with Gasteiger partial charge in [0.2, 0.25) is 17.2 Å². The molecule has 0 fully saturated rings. The molecule has 0 radical (unpaired) electrons. The summed E-state index contributed by atoms with van der Waals surface area (Å²) in [5.74, 6) is -4.32. The molecule has 0 saturated carbocycles. The fraction of sp³-hybridized carbons (Fsp3) is 0. The summed E-state index contributed by atoms with van der Waals surface area (Å²) in [6.45, 7) is 0. The van der Waals surface area contributed by atoms with Crippen molar-refractivity contribution in [1.29, 1.82) is 0 Å². The van der Waals surface area contributed by atoms with Gasteiger partial charge >= 0.3 is 0 Å². The number of hydrogen-bond donors (Lipinski definition) is 5. The van der Waals surface area contributed by atoms with Crippen molar-refractivity contribution in [2.45, 2.75) is 0 Å². The Kier molecular flexibility index (Phi) is 5.86. The largest absolute Gasteiger partial charge is 0.504 e. The van der Waals surface area contributed by atoms with Gasteiger partial charge in [0.05, 0.1) is 5.56 Å². The predicted molar refractivity (Wildman–Crippen MR) is 191 cm³/mol. The van der Waals surface area contributed by atoms with Crippen molar-refractivity contribution in [1.82, 2.24) is 0 Å². The number of furan rings is 1. The molecule has 5 N–H and O–H groups in total. The fourth-order valence-corrected chi connectivity index (χ4v) is 7.25. The van der Waals surface area contributed by atoms with Crippen molar-refractivity contribution < 1.29 is 29.9 Å². The highest BCUT2D eigenvalue weighted by Crippen LogP contribution is 2.58. The lowest BCUT2D eigenvalue weighted by Crippen LogP contribution is -1.92. The molecule has 6 heteroatoms. The van der Waals surface area contributed by atoms with Crippen LogP contribution < -0.4 is 0 Å². The second-order valence-electron chi connectivity index (χ2n) is 12.0. The molecule has 0 saturated heterocycles. The zero-order valence-corrected chi connectivity index (χ0v) is 25.3. The average molecular weight is 627 g/mol. The molecule has 1 heterocycles. The van der Waals surface area contributed by atoms with E-state index in [9.17, 15) is 25.5 Å². The van der Waals surface area contributed by atoms with Crippen LogP contribution in [0.3, 0.4) is 0 Å². The lowest BCUT2D eigenvalue weighted by molar-refractivity contribution is 0.330. The quantitative estimate of drug-likeness (QED) is 0.0757. The maximum Gasteiger partial charge on any atom is 0.208 e. The molecule has 48 heavy (non-hydrogen) atoms. The van der Waals surface area contributed by atoms with Crippen LogP contribution in [-0.2, 0) is 0 Å². The Labute approximate surface area is 273 Å². The van der Waals surface area contributed by atoms with Crippen LogP contribution in [0.2, 0.25) is 0 Å². The van der Waals surface area contributed by atoms with Gasteiger partial charge in [0.25, 0.3) is 0 Å². The Morgan fingerprint density at radius 1 is 0.375 bits per heavy atom. The first-order chi connectivity index (χ1) is 23.4. The van der Waals surface area contributed by atoms with Crippen LogP contribution in [0.1, 0.15) is 0 Å². The molecule has 9 aromatic rings. The fourth-order valence-electron chi connectivity index (χ4n) is 7.25. The first-order valence-corrected chi connectivity index (χ1v) is 15.5. The van der Waals surface area contributed by atoms with E-state index in [2.05, 4.69) is 48.5 Å². The lowest BCUT2D eigenvalue weighted by Gasteiger charge is -2.20. The summed E-state index contributed by atoms with van der Waals surface area (Å²) in [6.07, 6.45) is 0. The highest BCUT2D eigenvalue weighted by molar-refractivity contribution is 6.27. The van der Waals surface area contributed by atoms with Gasteiger partial charge in [-0.05, 0) is 61.1 Å². The van der Waals surface area contributed by atoms with E-state index in [1.165, 1.54) is 5.39 Å². The van der Waals surface area contributed by atoms with Crippen molar-refractivity contribution >= 4 is 54.3 Å². The Bertz CT molecular complexity index is 2710. The van der Waals surface area contributed by atoms with E-state index in [-0.39, 0.29) is 5.56 Å². The minimum atomic E-state index is -0.999. The minimum Gasteiger partial charge on any atom is -0.504 e. The van der Waals surface area contributed by atoms with Gasteiger partial charge in [-0.1, -0.05) is 115 Å². The molecule has 0 bridgehead atoms. The highest BCUT2D eigenvalue weighted by atomic mass is 16.4. The first-order valence-electron chi connectivity index (χ1n) is 15.5. The van der Waals surface area contributed by atoms with Gasteiger partial charge in [-0.25, -0.2) is 0 Å². The van der Waals surface area contributed by atoms with Crippen LogP contribution in [0.25, 0.3) is 87.6 Å². The van der Waals surface area contributed by atoms with E-state index < -0.39 is 28.7 Å². The van der Waals surface area contributed by atoms with Crippen molar-refractivity contribution in [3.8, 4) is 62.1 Å². The number of aromatic hydroxyl groups is 5. The summed E-state index contributed by atoms with van der Waals surface area (Å²) < 4.78 is 6.65. The summed E-state index contributed by atoms with van der Waals surface area (Å²) in [6, 6.07) is 42.1. The van der Waals surface area contributed by atoms with Gasteiger partial charge in [-0.2, -0.15) is 0 Å². The van der Waals surface area contributed by atoms with Crippen LogP contribution in [0.5, 0.6) is 28.7 Å². The van der Waals surface area contributed by atoms with Crippen LogP contribution in [-0.4, -0.2) is 25.5 Å². The molecule has 1 aromatic heterocycles. The predicted octanol–water partition coefficient (Wildman–Crippen LogP) is 10.6. The van der Waals surface area contributed by atoms with E-state index in [0.717, 1.165) is 60.4 Å². The Balaban J connectivity index is 1.38. The van der Waals surface area contributed by atoms with Gasteiger partial charge in [0.15, 0.2) is 11.5 Å². The number of fused-ring (bicyclic) bond motifs is 6. The summed E-state index contributed by atoms with van der Waals surface area (Å²) in [5, 5.41) is 60.4. The molecule has 0 atom stereocenters. The normalized spacial score (nSPS) is 11.8. The molecule has 0 aliphatic carbocycles. The topological polar surface area (TPSA) is 114 Å². The zero-order chi connectivity index (χ0) is 32.7. The Morgan fingerprint density at radius 2 is 0.896 bits per heavy atom. The van der Waals surface area contributed by atoms with E-state index >= 15 is 0 Å². The monoisotopic (exact) mass is 626 g/mol. The van der Waals surface area contributed by atoms with Gasteiger partial charge in [-0.15, -0.1) is 0 Å². The third kappa shape index (κ3) is 3.80. The second kappa shape index (κ2) is 10.2. The molecule has 6 nitrogen and oxygen atoms in total. The maximum atomic E-state index is 11.1. The molecular weight excluding hydrogens is 600 g/mol. The first kappa shape index (κ1) is 27.6. The standard InChI is InChI=1S/C42H26O6/c43-37-36(38(44)40(46)41(47)39(37)45)35-28-13-5-3-11-26(28)33(27-12-4-6-14-29(27)35)30-16-8-18-32-34(30)31-17-7-15-25(42(31)48-32)24-20-19-22-9-1-2-10-23(22)21-24/h1-21,43-47H. The van der Waals surface area contributed by atoms with Crippen LogP contribution in [0, 0.1) is 0 Å². The number of rotatable bonds is 3. The Morgan fingerprint density at radius 3 is 1.56 bits per heavy atom. The molecule has 230 valence electrons. The number of para-hydroxylation sites is 1. The summed E-state index contributed by atoms with van der Waals surface area (Å²) >= 11 is 0. The molecule has 0 amide bonds. The Hall–Kier alpha value is -6.66. The number of hydrogen-bond acceptors (Lipinski definition) is 6. The van der Waals surface area contributed by atoms with Crippen molar-refractivity contribution in [3.05, 3.63) is 127 Å². The van der Waals surface area contributed by atoms with Crippen molar-refractivity contribution in [3.63, 3.8) is 0 Å². The molecule has 8 aromatic carbocycles. The van der Waals surface area contributed by atoms with Gasteiger partial charge < -0.3 is 29.9 Å². The SMILES string of the molecule is Oc1c(O)c(O)c(-c2c3ccccc3c(-c3cccc4oc5c(-c6ccc7ccccc7c6)cccc5c34)c3ccccc23)c(O)c1O. The lowest BCUT2D eigenvalue weighted by atomic mass is 9.84. The molecule has 0 aliphatic rings. The molecule has 0 unspecified atom stereocenters. The molecule has 9 rings (SSSR count). The zero-order valence-electron chi connectivity index (χ0n) is 25.3. The minimum absolute atomic E-state index is 0.186. The van der Waals surface area contributed by atoms with Gasteiger partial charge in [-0.3, -0.25) is 0 Å². The van der Waals surface area contributed by atoms with E-state index in [1.54, 1.807) is 0 Å². The van der Waals surface area contributed by atoms with Crippen LogP contribution in [0.15, 0.2) is 132 Å². The summed E-state index contributed by atoms with van der Waals surface area (Å²) in [5.41, 5.74) is 5.62. The van der Waals surface area contributed by atoms with E-state index in [4.69, 9.17) is 4.42 Å². The summed E-state index contributed by atoms with van der Waals surface area (Å²) in [4.78, 5) is 0.